The minimum Gasteiger partial charge on any atom is -0.339 e. The second kappa shape index (κ2) is 9.28. The van der Waals surface area contributed by atoms with Gasteiger partial charge in [0.1, 0.15) is 5.69 Å². The van der Waals surface area contributed by atoms with Crippen molar-refractivity contribution in [2.24, 2.45) is 0 Å². The first-order valence-corrected chi connectivity index (χ1v) is 9.91. The van der Waals surface area contributed by atoms with Crippen molar-refractivity contribution < 1.29 is 22.8 Å². The van der Waals surface area contributed by atoms with E-state index >= 15 is 0 Å². The molecular formula is C22H24F3N3O2. The van der Waals surface area contributed by atoms with Crippen LogP contribution < -0.4 is 0 Å². The minimum absolute atomic E-state index is 0.0502. The van der Waals surface area contributed by atoms with Gasteiger partial charge in [0.15, 0.2) is 0 Å². The highest BCUT2D eigenvalue weighted by atomic mass is 19.4. The van der Waals surface area contributed by atoms with Crippen LogP contribution in [-0.4, -0.2) is 52.8 Å². The smallest absolute Gasteiger partial charge is 0.339 e. The topological polar surface area (TPSA) is 53.5 Å². The van der Waals surface area contributed by atoms with Gasteiger partial charge in [-0.3, -0.25) is 9.59 Å². The van der Waals surface area contributed by atoms with Gasteiger partial charge < -0.3 is 9.80 Å². The Morgan fingerprint density at radius 3 is 2.20 bits per heavy atom. The maximum Gasteiger partial charge on any atom is 0.433 e. The van der Waals surface area contributed by atoms with Gasteiger partial charge in [0.05, 0.1) is 11.3 Å². The highest BCUT2D eigenvalue weighted by Crippen LogP contribution is 2.28. The van der Waals surface area contributed by atoms with Gasteiger partial charge in [0.25, 0.3) is 5.91 Å². The van der Waals surface area contributed by atoms with Crippen LogP contribution in [-0.2, 0) is 17.4 Å². The van der Waals surface area contributed by atoms with E-state index in [-0.39, 0.29) is 23.1 Å². The minimum atomic E-state index is -4.54. The Morgan fingerprint density at radius 1 is 0.967 bits per heavy atom. The van der Waals surface area contributed by atoms with E-state index in [4.69, 9.17) is 0 Å². The van der Waals surface area contributed by atoms with Crippen molar-refractivity contribution in [2.45, 2.75) is 32.4 Å². The Balaban J connectivity index is 1.50. The molecule has 1 aromatic heterocycles. The third-order valence-corrected chi connectivity index (χ3v) is 5.23. The quantitative estimate of drug-likeness (QED) is 0.742. The highest BCUT2D eigenvalue weighted by Gasteiger charge is 2.33. The average Bonchev–Trinajstić information content (AvgIpc) is 2.73. The summed E-state index contributed by atoms with van der Waals surface area (Å²) in [5.41, 5.74) is 0.392. The largest absolute Gasteiger partial charge is 0.433 e. The second-order valence-electron chi connectivity index (χ2n) is 7.34. The zero-order valence-corrected chi connectivity index (χ0v) is 16.8. The van der Waals surface area contributed by atoms with Crippen LogP contribution in [0, 0.1) is 6.92 Å². The summed E-state index contributed by atoms with van der Waals surface area (Å²) in [4.78, 5) is 31.9. The molecule has 2 heterocycles. The van der Waals surface area contributed by atoms with E-state index in [1.165, 1.54) is 18.6 Å². The molecule has 0 bridgehead atoms. The van der Waals surface area contributed by atoms with E-state index in [1.54, 1.807) is 9.80 Å². The maximum absolute atomic E-state index is 12.8. The van der Waals surface area contributed by atoms with E-state index in [0.29, 0.717) is 32.6 Å². The molecule has 0 spiro atoms. The highest BCUT2D eigenvalue weighted by molar-refractivity contribution is 5.95. The van der Waals surface area contributed by atoms with Crippen LogP contribution in [0.25, 0.3) is 0 Å². The Bertz CT molecular complexity index is 892. The summed E-state index contributed by atoms with van der Waals surface area (Å²) in [5, 5.41) is 0. The van der Waals surface area contributed by atoms with Crippen LogP contribution in [0.5, 0.6) is 0 Å². The summed E-state index contributed by atoms with van der Waals surface area (Å²) < 4.78 is 38.3. The summed E-state index contributed by atoms with van der Waals surface area (Å²) in [7, 11) is 0. The fourth-order valence-electron chi connectivity index (χ4n) is 3.52. The predicted molar refractivity (Wildman–Crippen MR) is 106 cm³/mol. The molecule has 8 heteroatoms. The second-order valence-corrected chi connectivity index (χ2v) is 7.34. The Kier molecular flexibility index (Phi) is 6.74. The summed E-state index contributed by atoms with van der Waals surface area (Å²) in [6.45, 7) is 2.94. The number of aryl methyl sites for hydroxylation is 2. The normalized spacial score (nSPS) is 14.7. The van der Waals surface area contributed by atoms with Gasteiger partial charge in [-0.25, -0.2) is 4.98 Å². The molecule has 1 aliphatic heterocycles. The molecule has 3 rings (SSSR count). The molecule has 0 unspecified atom stereocenters. The zero-order chi connectivity index (χ0) is 21.7. The number of carbonyl (C=O) groups is 2. The van der Waals surface area contributed by atoms with E-state index in [1.807, 2.05) is 30.3 Å². The van der Waals surface area contributed by atoms with Crippen LogP contribution in [0.4, 0.5) is 13.2 Å². The molecule has 0 radical (unpaired) electrons. The van der Waals surface area contributed by atoms with Gasteiger partial charge in [-0.2, -0.15) is 13.2 Å². The monoisotopic (exact) mass is 419 g/mol. The molecule has 0 atom stereocenters. The number of halogens is 3. The first kappa shape index (κ1) is 21.8. The lowest BCUT2D eigenvalue weighted by molar-refractivity contribution is -0.141. The van der Waals surface area contributed by atoms with E-state index in [0.717, 1.165) is 18.9 Å². The number of aromatic nitrogens is 1. The number of hydrogen-bond donors (Lipinski definition) is 0. The fourth-order valence-corrected chi connectivity index (χ4v) is 3.52. The number of piperazine rings is 1. The molecule has 0 N–H and O–H groups in total. The maximum atomic E-state index is 12.8. The summed E-state index contributed by atoms with van der Waals surface area (Å²) >= 11 is 0. The first-order valence-electron chi connectivity index (χ1n) is 9.91. The number of benzene rings is 1. The van der Waals surface area contributed by atoms with Crippen LogP contribution >= 0.6 is 0 Å². The number of rotatable bonds is 5. The molecular weight excluding hydrogens is 395 g/mol. The Morgan fingerprint density at radius 2 is 1.60 bits per heavy atom. The summed E-state index contributed by atoms with van der Waals surface area (Å²) in [5.74, 6) is -0.296. The van der Waals surface area contributed by atoms with Crippen LogP contribution in [0.2, 0.25) is 0 Å². The van der Waals surface area contributed by atoms with Crippen molar-refractivity contribution in [1.29, 1.82) is 0 Å². The number of hydrogen-bond acceptors (Lipinski definition) is 3. The van der Waals surface area contributed by atoms with E-state index in [9.17, 15) is 22.8 Å². The number of nitrogens with zero attached hydrogens (tertiary/aromatic N) is 3. The molecule has 5 nitrogen and oxygen atoms in total. The molecule has 2 amide bonds. The molecule has 0 aliphatic carbocycles. The van der Waals surface area contributed by atoms with Crippen molar-refractivity contribution in [1.82, 2.24) is 14.8 Å². The van der Waals surface area contributed by atoms with Gasteiger partial charge in [-0.15, -0.1) is 0 Å². The van der Waals surface area contributed by atoms with Crippen molar-refractivity contribution >= 4 is 11.8 Å². The fraction of sp³-hybridized carbons (Fsp3) is 0.409. The Hall–Kier alpha value is -2.90. The third-order valence-electron chi connectivity index (χ3n) is 5.23. The number of carbonyl (C=O) groups excluding carboxylic acids is 2. The van der Waals surface area contributed by atoms with Crippen molar-refractivity contribution in [2.75, 3.05) is 26.2 Å². The van der Waals surface area contributed by atoms with Gasteiger partial charge in [0.2, 0.25) is 5.91 Å². The van der Waals surface area contributed by atoms with Gasteiger partial charge in [0, 0.05) is 32.6 Å². The number of pyridine rings is 1. The van der Waals surface area contributed by atoms with Crippen molar-refractivity contribution in [3.63, 3.8) is 0 Å². The first-order chi connectivity index (χ1) is 14.3. The van der Waals surface area contributed by atoms with Gasteiger partial charge in [-0.1, -0.05) is 30.3 Å². The van der Waals surface area contributed by atoms with Crippen LogP contribution in [0.3, 0.4) is 0 Å². The summed E-state index contributed by atoms with van der Waals surface area (Å²) in [6.07, 6.45) is -2.49. The van der Waals surface area contributed by atoms with Crippen molar-refractivity contribution in [3.05, 3.63) is 65.0 Å². The lowest BCUT2D eigenvalue weighted by Gasteiger charge is -2.35. The molecule has 30 heavy (non-hydrogen) atoms. The third kappa shape index (κ3) is 5.37. The van der Waals surface area contributed by atoms with E-state index in [2.05, 4.69) is 4.98 Å². The van der Waals surface area contributed by atoms with Crippen molar-refractivity contribution in [3.8, 4) is 0 Å². The SMILES string of the molecule is Cc1nc(C(F)(F)F)ccc1C(=O)N1CCN(C(=O)CCCc2ccccc2)CC1. The lowest BCUT2D eigenvalue weighted by Crippen LogP contribution is -2.50. The zero-order valence-electron chi connectivity index (χ0n) is 16.8. The average molecular weight is 419 g/mol. The lowest BCUT2D eigenvalue weighted by atomic mass is 10.1. The molecule has 1 fully saturated rings. The number of amides is 2. The van der Waals surface area contributed by atoms with Gasteiger partial charge >= 0.3 is 6.18 Å². The Labute approximate surface area is 173 Å². The molecule has 1 aromatic carbocycles. The number of alkyl halides is 3. The molecule has 160 valence electrons. The van der Waals surface area contributed by atoms with Gasteiger partial charge in [-0.05, 0) is 37.5 Å². The molecule has 1 saturated heterocycles. The molecule has 2 aromatic rings. The van der Waals surface area contributed by atoms with Crippen LogP contribution in [0.1, 0.15) is 40.2 Å². The van der Waals surface area contributed by atoms with Crippen LogP contribution in [0.15, 0.2) is 42.5 Å². The van der Waals surface area contributed by atoms with E-state index < -0.39 is 11.9 Å². The standard InChI is InChI=1S/C22H24F3N3O2/c1-16-18(10-11-19(26-16)22(23,24)25)21(30)28-14-12-27(13-15-28)20(29)9-5-8-17-6-3-2-4-7-17/h2-4,6-7,10-11H,5,8-9,12-15H2,1H3. The summed E-state index contributed by atoms with van der Waals surface area (Å²) in [6, 6.07) is 12.0. The molecule has 1 aliphatic rings. The molecule has 0 saturated carbocycles. The predicted octanol–water partition coefficient (Wildman–Crippen LogP) is 3.72.